The Labute approximate surface area is 116 Å². The van der Waals surface area contributed by atoms with Gasteiger partial charge in [-0.3, -0.25) is 4.90 Å². The number of hydrogen-bond acceptors (Lipinski definition) is 3. The quantitative estimate of drug-likeness (QED) is 0.633. The first-order valence-electron chi connectivity index (χ1n) is 7.51. The maximum atomic E-state index is 11.0. The van der Waals surface area contributed by atoms with E-state index >= 15 is 0 Å². The molecule has 0 spiro atoms. The van der Waals surface area contributed by atoms with E-state index in [0.29, 0.717) is 0 Å². The number of amides is 1. The maximum Gasteiger partial charge on any atom is 0.405 e. The van der Waals surface area contributed by atoms with Crippen LogP contribution in [0.1, 0.15) is 52.4 Å². The number of unbranched alkanes of at least 4 members (excludes halogenated alkanes) is 1. The Morgan fingerprint density at radius 1 is 1.32 bits per heavy atom. The molecule has 5 nitrogen and oxygen atoms in total. The zero-order valence-electron chi connectivity index (χ0n) is 12.1. The molecule has 1 fully saturated rings. The Bertz CT molecular complexity index is 267. The number of nitrogens with zero attached hydrogens (tertiary/aromatic N) is 1. The summed E-state index contributed by atoms with van der Waals surface area (Å²) >= 11 is 0. The molecule has 1 amide bonds. The van der Waals surface area contributed by atoms with Crippen LogP contribution in [0.2, 0.25) is 0 Å². The molecule has 1 heterocycles. The van der Waals surface area contributed by atoms with E-state index in [1.165, 1.54) is 0 Å². The lowest BCUT2D eigenvalue weighted by molar-refractivity contribution is -0.0269. The van der Waals surface area contributed by atoms with Crippen molar-refractivity contribution in [2.75, 3.05) is 13.1 Å². The minimum Gasteiger partial charge on any atom is -0.465 e. The number of hydrogen-bond donors (Lipinski definition) is 3. The molecule has 3 N–H and O–H groups in total. The number of carbonyl (C=O) groups is 1. The van der Waals surface area contributed by atoms with Gasteiger partial charge in [0.1, 0.15) is 6.23 Å². The molecule has 1 saturated heterocycles. The van der Waals surface area contributed by atoms with Crippen molar-refractivity contribution in [2.45, 2.75) is 64.6 Å². The highest BCUT2D eigenvalue weighted by molar-refractivity contribution is 5.65. The fourth-order valence-electron chi connectivity index (χ4n) is 2.92. The van der Waals surface area contributed by atoms with Crippen molar-refractivity contribution in [3.05, 3.63) is 0 Å². The van der Waals surface area contributed by atoms with Gasteiger partial charge in [0.2, 0.25) is 0 Å². The molecule has 1 aliphatic rings. The van der Waals surface area contributed by atoms with E-state index in [2.05, 4.69) is 19.2 Å². The van der Waals surface area contributed by atoms with Gasteiger partial charge in [-0.15, -0.1) is 0 Å². The SMILES string of the molecule is CCCCC(CC)C(NC(=O)O)C(O)N1CCCC1. The van der Waals surface area contributed by atoms with Crippen molar-refractivity contribution in [3.63, 3.8) is 0 Å². The molecule has 0 aromatic heterocycles. The average molecular weight is 272 g/mol. The van der Waals surface area contributed by atoms with Crippen LogP contribution in [0.3, 0.4) is 0 Å². The molecule has 1 rings (SSSR count). The number of aliphatic hydroxyl groups is 1. The first kappa shape index (κ1) is 16.2. The minimum atomic E-state index is -1.04. The Morgan fingerprint density at radius 2 is 1.95 bits per heavy atom. The second-order valence-corrected chi connectivity index (χ2v) is 5.44. The standard InChI is InChI=1S/C14H28N2O3/c1-3-5-8-11(4-2)12(15-14(18)19)13(17)16-9-6-7-10-16/h11-13,15,17H,3-10H2,1-2H3,(H,18,19). The fraction of sp³-hybridized carbons (Fsp3) is 0.929. The molecular formula is C14H28N2O3. The van der Waals surface area contributed by atoms with Crippen molar-refractivity contribution in [3.8, 4) is 0 Å². The molecule has 0 aromatic rings. The van der Waals surface area contributed by atoms with Gasteiger partial charge in [-0.05, 0) is 25.2 Å². The summed E-state index contributed by atoms with van der Waals surface area (Å²) in [4.78, 5) is 13.0. The minimum absolute atomic E-state index is 0.201. The number of rotatable bonds is 8. The fourth-order valence-corrected chi connectivity index (χ4v) is 2.92. The van der Waals surface area contributed by atoms with Gasteiger partial charge in [0.05, 0.1) is 6.04 Å². The van der Waals surface area contributed by atoms with Crippen molar-refractivity contribution in [2.24, 2.45) is 5.92 Å². The summed E-state index contributed by atoms with van der Waals surface area (Å²) < 4.78 is 0. The molecule has 0 radical (unpaired) electrons. The van der Waals surface area contributed by atoms with Crippen LogP contribution in [0.5, 0.6) is 0 Å². The highest BCUT2D eigenvalue weighted by Gasteiger charge is 2.33. The second kappa shape index (κ2) is 8.38. The van der Waals surface area contributed by atoms with Crippen LogP contribution < -0.4 is 5.32 Å². The van der Waals surface area contributed by atoms with Crippen LogP contribution in [0, 0.1) is 5.92 Å². The van der Waals surface area contributed by atoms with E-state index in [9.17, 15) is 9.90 Å². The molecule has 19 heavy (non-hydrogen) atoms. The van der Waals surface area contributed by atoms with Gasteiger partial charge in [-0.25, -0.2) is 4.79 Å². The molecule has 0 aliphatic carbocycles. The summed E-state index contributed by atoms with van der Waals surface area (Å²) in [6, 6.07) is -0.382. The number of carboxylic acid groups (broad SMARTS) is 1. The first-order valence-corrected chi connectivity index (χ1v) is 7.51. The van der Waals surface area contributed by atoms with Crippen LogP contribution in [-0.2, 0) is 0 Å². The molecule has 3 atom stereocenters. The third-order valence-electron chi connectivity index (χ3n) is 4.09. The predicted octanol–water partition coefficient (Wildman–Crippen LogP) is 2.25. The van der Waals surface area contributed by atoms with Gasteiger partial charge in [-0.2, -0.15) is 0 Å². The molecular weight excluding hydrogens is 244 g/mol. The lowest BCUT2D eigenvalue weighted by Gasteiger charge is -2.35. The van der Waals surface area contributed by atoms with E-state index in [1.54, 1.807) is 0 Å². The van der Waals surface area contributed by atoms with Crippen molar-refractivity contribution in [1.29, 1.82) is 0 Å². The predicted molar refractivity (Wildman–Crippen MR) is 75.1 cm³/mol. The lowest BCUT2D eigenvalue weighted by atomic mass is 9.90. The molecule has 0 aromatic carbocycles. The third kappa shape index (κ3) is 4.99. The van der Waals surface area contributed by atoms with Crippen LogP contribution in [-0.4, -0.2) is 46.6 Å². The van der Waals surface area contributed by atoms with Crippen LogP contribution in [0.15, 0.2) is 0 Å². The monoisotopic (exact) mass is 272 g/mol. The van der Waals surface area contributed by atoms with Crippen molar-refractivity contribution < 1.29 is 15.0 Å². The van der Waals surface area contributed by atoms with Crippen LogP contribution >= 0.6 is 0 Å². The van der Waals surface area contributed by atoms with Gasteiger partial charge in [-0.1, -0.05) is 33.1 Å². The smallest absolute Gasteiger partial charge is 0.405 e. The summed E-state index contributed by atoms with van der Waals surface area (Å²) in [5.41, 5.74) is 0. The van der Waals surface area contributed by atoms with E-state index in [1.807, 2.05) is 4.90 Å². The van der Waals surface area contributed by atoms with E-state index in [4.69, 9.17) is 5.11 Å². The van der Waals surface area contributed by atoms with Crippen molar-refractivity contribution >= 4 is 6.09 Å². The van der Waals surface area contributed by atoms with E-state index in [-0.39, 0.29) is 12.0 Å². The van der Waals surface area contributed by atoms with Gasteiger partial charge in [0.25, 0.3) is 0 Å². The Hall–Kier alpha value is -0.810. The number of aliphatic hydroxyl groups excluding tert-OH is 1. The normalized spacial score (nSPS) is 21.0. The van der Waals surface area contributed by atoms with Crippen LogP contribution in [0.25, 0.3) is 0 Å². The Morgan fingerprint density at radius 3 is 2.42 bits per heavy atom. The maximum absolute atomic E-state index is 11.0. The van der Waals surface area contributed by atoms with Crippen molar-refractivity contribution in [1.82, 2.24) is 10.2 Å². The summed E-state index contributed by atoms with van der Waals surface area (Å²) in [6.45, 7) is 5.92. The van der Waals surface area contributed by atoms with Gasteiger partial charge < -0.3 is 15.5 Å². The van der Waals surface area contributed by atoms with Gasteiger partial charge >= 0.3 is 6.09 Å². The summed E-state index contributed by atoms with van der Waals surface area (Å²) in [6.07, 6.45) is 4.45. The molecule has 3 unspecified atom stereocenters. The topological polar surface area (TPSA) is 72.8 Å². The third-order valence-corrected chi connectivity index (χ3v) is 4.09. The van der Waals surface area contributed by atoms with Crippen LogP contribution in [0.4, 0.5) is 4.79 Å². The number of nitrogens with one attached hydrogen (secondary N) is 1. The van der Waals surface area contributed by atoms with E-state index in [0.717, 1.165) is 51.6 Å². The zero-order valence-corrected chi connectivity index (χ0v) is 12.1. The van der Waals surface area contributed by atoms with E-state index < -0.39 is 12.3 Å². The van der Waals surface area contributed by atoms with Gasteiger partial charge in [0.15, 0.2) is 0 Å². The zero-order chi connectivity index (χ0) is 14.3. The molecule has 0 bridgehead atoms. The summed E-state index contributed by atoms with van der Waals surface area (Å²) in [5, 5.41) is 22.0. The Kier molecular flexibility index (Phi) is 7.16. The molecule has 0 saturated carbocycles. The summed E-state index contributed by atoms with van der Waals surface area (Å²) in [7, 11) is 0. The molecule has 5 heteroatoms. The first-order chi connectivity index (χ1) is 9.10. The molecule has 1 aliphatic heterocycles. The summed E-state index contributed by atoms with van der Waals surface area (Å²) in [5.74, 6) is 0.201. The second-order valence-electron chi connectivity index (χ2n) is 5.44. The highest BCUT2D eigenvalue weighted by Crippen LogP contribution is 2.23. The average Bonchev–Trinajstić information content (AvgIpc) is 2.90. The number of likely N-dealkylation sites (tertiary alicyclic amines) is 1. The highest BCUT2D eigenvalue weighted by atomic mass is 16.4. The molecule has 112 valence electrons. The lowest BCUT2D eigenvalue weighted by Crippen LogP contribution is -2.54. The Balaban J connectivity index is 2.69. The largest absolute Gasteiger partial charge is 0.465 e. The van der Waals surface area contributed by atoms with Gasteiger partial charge in [0, 0.05) is 13.1 Å².